The van der Waals surface area contributed by atoms with Gasteiger partial charge in [-0.25, -0.2) is 8.42 Å². The zero-order chi connectivity index (χ0) is 14.3. The molecule has 0 N–H and O–H groups in total. The monoisotopic (exact) mass is 279 g/mol. The number of halogens is 3. The van der Waals surface area contributed by atoms with Crippen molar-refractivity contribution in [2.45, 2.75) is 31.7 Å². The van der Waals surface area contributed by atoms with E-state index in [0.29, 0.717) is 0 Å². The van der Waals surface area contributed by atoms with Gasteiger partial charge in [-0.3, -0.25) is 0 Å². The molecule has 0 saturated heterocycles. The van der Waals surface area contributed by atoms with Gasteiger partial charge in [0.1, 0.15) is 0 Å². The molecule has 8 heteroatoms. The van der Waals surface area contributed by atoms with Crippen LogP contribution in [0.3, 0.4) is 0 Å². The molecular formula is C9H20F3NO3S. The van der Waals surface area contributed by atoms with Crippen LogP contribution in [0, 0.1) is 0 Å². The molecule has 17 heavy (non-hydrogen) atoms. The SMILES string of the molecule is CCCCC[N+](C)(C)C.O=S(=O)([O-])C(F)(F)F. The lowest BCUT2D eigenvalue weighted by Crippen LogP contribution is -2.35. The number of unbranched alkanes of at least 4 members (excludes halogenated alkanes) is 2. The van der Waals surface area contributed by atoms with Crippen molar-refractivity contribution in [2.24, 2.45) is 0 Å². The Morgan fingerprint density at radius 2 is 1.47 bits per heavy atom. The van der Waals surface area contributed by atoms with Crippen molar-refractivity contribution in [3.8, 4) is 0 Å². The minimum absolute atomic E-state index is 1.11. The molecule has 0 amide bonds. The van der Waals surface area contributed by atoms with Gasteiger partial charge in [-0.2, -0.15) is 13.2 Å². The Morgan fingerprint density at radius 3 is 1.65 bits per heavy atom. The molecule has 0 aliphatic heterocycles. The van der Waals surface area contributed by atoms with Crippen LogP contribution in [0.5, 0.6) is 0 Å². The number of quaternary nitrogens is 1. The molecule has 0 aromatic rings. The van der Waals surface area contributed by atoms with Gasteiger partial charge in [0, 0.05) is 0 Å². The van der Waals surface area contributed by atoms with Gasteiger partial charge < -0.3 is 9.04 Å². The summed E-state index contributed by atoms with van der Waals surface area (Å²) in [6.07, 6.45) is 4.09. The first-order chi connectivity index (χ1) is 7.31. The number of nitrogens with zero attached hydrogens (tertiary/aromatic N) is 1. The maximum absolute atomic E-state index is 10.7. The van der Waals surface area contributed by atoms with Crippen LogP contribution in [0.15, 0.2) is 0 Å². The standard InChI is InChI=1S/C8H20N.CHF3O3S/c1-5-6-7-8-9(2,3)4;2-1(3,4)8(5,6)7/h5-8H2,1-4H3;(H,5,6,7)/q+1;/p-1. The van der Waals surface area contributed by atoms with E-state index in [1.807, 2.05) is 0 Å². The molecule has 0 saturated carbocycles. The number of hydrogen-bond donors (Lipinski definition) is 0. The van der Waals surface area contributed by atoms with Gasteiger partial charge in [0.15, 0.2) is 10.1 Å². The molecule has 0 rings (SSSR count). The molecule has 106 valence electrons. The Balaban J connectivity index is 0. The van der Waals surface area contributed by atoms with Gasteiger partial charge in [0.05, 0.1) is 27.7 Å². The van der Waals surface area contributed by atoms with Crippen LogP contribution in [-0.4, -0.2) is 50.6 Å². The van der Waals surface area contributed by atoms with E-state index < -0.39 is 15.6 Å². The fourth-order valence-corrected chi connectivity index (χ4v) is 0.836. The van der Waals surface area contributed by atoms with Crippen LogP contribution in [-0.2, 0) is 10.1 Å². The van der Waals surface area contributed by atoms with Crippen LogP contribution in [0.2, 0.25) is 0 Å². The van der Waals surface area contributed by atoms with Gasteiger partial charge in [0.2, 0.25) is 0 Å². The molecule has 0 aliphatic rings. The van der Waals surface area contributed by atoms with Gasteiger partial charge in [-0.05, 0) is 12.8 Å². The summed E-state index contributed by atoms with van der Waals surface area (Å²) in [4.78, 5) is 0. The Morgan fingerprint density at radius 1 is 1.12 bits per heavy atom. The fourth-order valence-electron chi connectivity index (χ4n) is 0.836. The van der Waals surface area contributed by atoms with Crippen LogP contribution in [0.1, 0.15) is 26.2 Å². The normalized spacial score (nSPS) is 12.9. The third-order valence-corrected chi connectivity index (χ3v) is 2.28. The maximum atomic E-state index is 10.7. The quantitative estimate of drug-likeness (QED) is 0.342. The van der Waals surface area contributed by atoms with Crippen molar-refractivity contribution >= 4 is 10.1 Å². The van der Waals surface area contributed by atoms with Crippen LogP contribution in [0.4, 0.5) is 13.2 Å². The Kier molecular flexibility index (Phi) is 8.02. The van der Waals surface area contributed by atoms with Crippen LogP contribution in [0.25, 0.3) is 0 Å². The predicted octanol–water partition coefficient (Wildman–Crippen LogP) is 1.93. The van der Waals surface area contributed by atoms with Gasteiger partial charge in [-0.1, -0.05) is 13.3 Å². The summed E-state index contributed by atoms with van der Waals surface area (Å²) < 4.78 is 60.0. The third kappa shape index (κ3) is 13.6. The number of alkyl halides is 3. The van der Waals surface area contributed by atoms with Crippen LogP contribution >= 0.6 is 0 Å². The summed E-state index contributed by atoms with van der Waals surface area (Å²) in [6.45, 7) is 3.56. The molecular weight excluding hydrogens is 259 g/mol. The van der Waals surface area contributed by atoms with Crippen molar-refractivity contribution in [3.63, 3.8) is 0 Å². The van der Waals surface area contributed by atoms with Crippen molar-refractivity contribution in [1.29, 1.82) is 0 Å². The first-order valence-electron chi connectivity index (χ1n) is 5.14. The van der Waals surface area contributed by atoms with Crippen molar-refractivity contribution in [2.75, 3.05) is 27.7 Å². The summed E-state index contributed by atoms with van der Waals surface area (Å²) in [6, 6.07) is 0. The molecule has 0 aromatic carbocycles. The Labute approximate surface area is 101 Å². The van der Waals surface area contributed by atoms with E-state index in [0.717, 1.165) is 4.48 Å². The van der Waals surface area contributed by atoms with Crippen molar-refractivity contribution in [1.82, 2.24) is 0 Å². The lowest BCUT2D eigenvalue weighted by atomic mass is 10.2. The minimum Gasteiger partial charge on any atom is -0.741 e. The average Bonchev–Trinajstić information content (AvgIpc) is 1.99. The zero-order valence-electron chi connectivity index (χ0n) is 10.5. The van der Waals surface area contributed by atoms with Crippen LogP contribution < -0.4 is 0 Å². The first kappa shape index (κ1) is 19.0. The lowest BCUT2D eigenvalue weighted by Gasteiger charge is -2.23. The highest BCUT2D eigenvalue weighted by molar-refractivity contribution is 7.86. The highest BCUT2D eigenvalue weighted by Gasteiger charge is 2.36. The molecule has 0 aliphatic carbocycles. The molecule has 0 radical (unpaired) electrons. The van der Waals surface area contributed by atoms with Gasteiger partial charge in [0.25, 0.3) is 0 Å². The summed E-state index contributed by atoms with van der Waals surface area (Å²) in [7, 11) is 0.647. The second kappa shape index (κ2) is 7.17. The number of rotatable bonds is 4. The zero-order valence-corrected chi connectivity index (χ0v) is 11.4. The molecule has 4 nitrogen and oxygen atoms in total. The minimum atomic E-state index is -6.09. The van der Waals surface area contributed by atoms with E-state index in [9.17, 15) is 13.2 Å². The predicted molar refractivity (Wildman–Crippen MR) is 58.2 cm³/mol. The number of hydrogen-bond acceptors (Lipinski definition) is 3. The second-order valence-electron chi connectivity index (χ2n) is 4.62. The second-order valence-corrected chi connectivity index (χ2v) is 5.99. The summed E-state index contributed by atoms with van der Waals surface area (Å²) >= 11 is 0. The summed E-state index contributed by atoms with van der Waals surface area (Å²) in [5.41, 5.74) is -5.65. The van der Waals surface area contributed by atoms with Crippen molar-refractivity contribution in [3.05, 3.63) is 0 Å². The molecule has 0 fully saturated rings. The Hall–Kier alpha value is -0.340. The summed E-state index contributed by atoms with van der Waals surface area (Å²) in [5, 5.41) is 0. The smallest absolute Gasteiger partial charge is 0.485 e. The topological polar surface area (TPSA) is 57.2 Å². The van der Waals surface area contributed by atoms with E-state index in [1.54, 1.807) is 0 Å². The van der Waals surface area contributed by atoms with Gasteiger partial charge >= 0.3 is 5.51 Å². The lowest BCUT2D eigenvalue weighted by molar-refractivity contribution is -0.870. The maximum Gasteiger partial charge on any atom is 0.485 e. The molecule has 0 bridgehead atoms. The van der Waals surface area contributed by atoms with Crippen molar-refractivity contribution < 1.29 is 30.6 Å². The fraction of sp³-hybridized carbons (Fsp3) is 1.00. The molecule has 0 aromatic heterocycles. The van der Waals surface area contributed by atoms with E-state index in [4.69, 9.17) is 13.0 Å². The molecule has 0 atom stereocenters. The van der Waals surface area contributed by atoms with E-state index in [-0.39, 0.29) is 0 Å². The molecule has 0 spiro atoms. The molecule has 0 unspecified atom stereocenters. The Bertz CT molecular complexity index is 294. The third-order valence-electron chi connectivity index (χ3n) is 1.72. The first-order valence-corrected chi connectivity index (χ1v) is 6.54. The largest absolute Gasteiger partial charge is 0.741 e. The van der Waals surface area contributed by atoms with E-state index in [2.05, 4.69) is 28.1 Å². The summed E-state index contributed by atoms with van der Waals surface area (Å²) in [5.74, 6) is 0. The highest BCUT2D eigenvalue weighted by atomic mass is 32.2. The van der Waals surface area contributed by atoms with E-state index >= 15 is 0 Å². The average molecular weight is 279 g/mol. The van der Waals surface area contributed by atoms with E-state index in [1.165, 1.54) is 25.8 Å². The highest BCUT2D eigenvalue weighted by Crippen LogP contribution is 2.20. The molecule has 0 heterocycles. The van der Waals surface area contributed by atoms with Gasteiger partial charge in [-0.15, -0.1) is 0 Å².